The van der Waals surface area contributed by atoms with Gasteiger partial charge < -0.3 is 19.9 Å². The van der Waals surface area contributed by atoms with E-state index >= 15 is 0 Å². The van der Waals surface area contributed by atoms with Crippen LogP contribution in [0.3, 0.4) is 0 Å². The first-order valence-corrected chi connectivity index (χ1v) is 11.0. The first kappa shape index (κ1) is 23.1. The van der Waals surface area contributed by atoms with E-state index in [0.717, 1.165) is 37.9 Å². The minimum atomic E-state index is 0. The Labute approximate surface area is 196 Å². The second kappa shape index (κ2) is 10.6. The lowest BCUT2D eigenvalue weighted by atomic mass is 9.51. The van der Waals surface area contributed by atoms with E-state index < -0.39 is 0 Å². The van der Waals surface area contributed by atoms with Crippen LogP contribution in [-0.2, 0) is 17.8 Å². The molecule has 2 fully saturated rings. The molecule has 1 aromatic carbocycles. The van der Waals surface area contributed by atoms with Crippen molar-refractivity contribution in [3.05, 3.63) is 54.1 Å². The molecule has 4 rings (SSSR count). The maximum atomic E-state index is 5.98. The first-order valence-electron chi connectivity index (χ1n) is 11.0. The van der Waals surface area contributed by atoms with Crippen molar-refractivity contribution in [2.45, 2.75) is 64.8 Å². The van der Waals surface area contributed by atoms with Gasteiger partial charge in [0.2, 0.25) is 0 Å². The van der Waals surface area contributed by atoms with Gasteiger partial charge in [0, 0.05) is 43.5 Å². The Kier molecular flexibility index (Phi) is 8.16. The highest BCUT2D eigenvalue weighted by Gasteiger charge is 2.59. The quantitative estimate of drug-likeness (QED) is 0.313. The third kappa shape index (κ3) is 4.82. The van der Waals surface area contributed by atoms with E-state index in [2.05, 4.69) is 58.3 Å². The number of halogens is 1. The lowest BCUT2D eigenvalue weighted by molar-refractivity contribution is -0.168. The van der Waals surface area contributed by atoms with Gasteiger partial charge in [-0.25, -0.2) is 9.98 Å². The van der Waals surface area contributed by atoms with Crippen molar-refractivity contribution in [2.75, 3.05) is 13.2 Å². The normalized spacial score (nSPS) is 22.0. The molecular formula is C23H34IN5O. The van der Waals surface area contributed by atoms with Crippen molar-refractivity contribution in [3.8, 4) is 0 Å². The molecule has 7 heteroatoms. The summed E-state index contributed by atoms with van der Waals surface area (Å²) < 4.78 is 8.16. The van der Waals surface area contributed by atoms with Gasteiger partial charge in [0.15, 0.2) is 5.96 Å². The average Bonchev–Trinajstić information content (AvgIpc) is 3.11. The number of guanidine groups is 1. The fourth-order valence-corrected chi connectivity index (χ4v) is 4.69. The summed E-state index contributed by atoms with van der Waals surface area (Å²) >= 11 is 0. The fourth-order valence-electron chi connectivity index (χ4n) is 4.69. The zero-order valence-electron chi connectivity index (χ0n) is 18.0. The Morgan fingerprint density at radius 2 is 2.07 bits per heavy atom. The molecule has 0 bridgehead atoms. The van der Waals surface area contributed by atoms with E-state index in [1.54, 1.807) is 0 Å². The molecule has 30 heavy (non-hydrogen) atoms. The lowest BCUT2D eigenvalue weighted by Crippen LogP contribution is -2.68. The van der Waals surface area contributed by atoms with Crippen molar-refractivity contribution in [1.29, 1.82) is 0 Å². The summed E-state index contributed by atoms with van der Waals surface area (Å²) in [6, 6.07) is 10.9. The topological polar surface area (TPSA) is 63.5 Å². The molecule has 0 amide bonds. The number of benzene rings is 1. The number of nitrogens with one attached hydrogen (secondary N) is 2. The summed E-state index contributed by atoms with van der Waals surface area (Å²) in [5.74, 6) is 1.86. The maximum Gasteiger partial charge on any atom is 0.191 e. The van der Waals surface area contributed by atoms with Crippen LogP contribution in [0.2, 0.25) is 0 Å². The summed E-state index contributed by atoms with van der Waals surface area (Å²) in [7, 11) is 0. The molecular weight excluding hydrogens is 489 g/mol. The highest BCUT2D eigenvalue weighted by Crippen LogP contribution is 2.57. The molecule has 0 radical (unpaired) electrons. The van der Waals surface area contributed by atoms with Crippen molar-refractivity contribution in [3.63, 3.8) is 0 Å². The van der Waals surface area contributed by atoms with Crippen LogP contribution in [-0.4, -0.2) is 40.8 Å². The Morgan fingerprint density at radius 3 is 2.73 bits per heavy atom. The number of nitrogens with zero attached hydrogens (tertiary/aromatic N) is 3. The van der Waals surface area contributed by atoms with Crippen LogP contribution in [0.15, 0.2) is 47.7 Å². The number of hydrogen-bond acceptors (Lipinski definition) is 3. The third-order valence-corrected chi connectivity index (χ3v) is 6.47. The number of aromatic nitrogens is 2. The predicted octanol–water partition coefficient (Wildman–Crippen LogP) is 3.95. The highest BCUT2D eigenvalue weighted by atomic mass is 127. The van der Waals surface area contributed by atoms with Crippen LogP contribution in [0.4, 0.5) is 0 Å². The zero-order valence-corrected chi connectivity index (χ0v) is 20.3. The minimum Gasteiger partial charge on any atom is -0.378 e. The Morgan fingerprint density at radius 1 is 1.27 bits per heavy atom. The van der Waals surface area contributed by atoms with Crippen LogP contribution in [0.25, 0.3) is 0 Å². The molecule has 2 atom stereocenters. The van der Waals surface area contributed by atoms with Gasteiger partial charge in [0.1, 0.15) is 12.4 Å². The fraction of sp³-hybridized carbons (Fsp3) is 0.565. The summed E-state index contributed by atoms with van der Waals surface area (Å²) in [4.78, 5) is 9.38. The summed E-state index contributed by atoms with van der Waals surface area (Å²) in [6.45, 7) is 7.23. The summed E-state index contributed by atoms with van der Waals surface area (Å²) in [6.07, 6.45) is 9.20. The molecule has 2 aliphatic rings. The lowest BCUT2D eigenvalue weighted by Gasteiger charge is -2.61. The molecule has 1 aromatic heterocycles. The van der Waals surface area contributed by atoms with E-state index in [4.69, 9.17) is 9.73 Å². The van der Waals surface area contributed by atoms with Gasteiger partial charge in [-0.3, -0.25) is 0 Å². The summed E-state index contributed by atoms with van der Waals surface area (Å²) in [5.41, 5.74) is 1.59. The SMILES string of the molecule is CCNC(=NCc1nccn1Cc1ccccc1)NC1CC(OCC)C12CCC2.I. The highest BCUT2D eigenvalue weighted by molar-refractivity contribution is 14.0. The van der Waals surface area contributed by atoms with Gasteiger partial charge in [-0.2, -0.15) is 0 Å². The average molecular weight is 523 g/mol. The zero-order chi connectivity index (χ0) is 20.1. The molecule has 1 spiro atoms. The Bertz CT molecular complexity index is 818. The second-order valence-corrected chi connectivity index (χ2v) is 8.12. The monoisotopic (exact) mass is 523 g/mol. The van der Waals surface area contributed by atoms with Crippen LogP contribution in [0.5, 0.6) is 0 Å². The largest absolute Gasteiger partial charge is 0.378 e. The maximum absolute atomic E-state index is 5.98. The molecule has 164 valence electrons. The van der Waals surface area contributed by atoms with Gasteiger partial charge in [0.05, 0.1) is 6.10 Å². The van der Waals surface area contributed by atoms with Crippen LogP contribution < -0.4 is 10.6 Å². The molecule has 1 heterocycles. The Balaban J connectivity index is 0.00000256. The predicted molar refractivity (Wildman–Crippen MR) is 131 cm³/mol. The van der Waals surface area contributed by atoms with Crippen molar-refractivity contribution >= 4 is 29.9 Å². The molecule has 2 aliphatic carbocycles. The van der Waals surface area contributed by atoms with Crippen molar-refractivity contribution in [1.82, 2.24) is 20.2 Å². The molecule has 0 aliphatic heterocycles. The van der Waals surface area contributed by atoms with Crippen LogP contribution in [0, 0.1) is 5.41 Å². The smallest absolute Gasteiger partial charge is 0.191 e. The molecule has 2 aromatic rings. The van der Waals surface area contributed by atoms with Crippen LogP contribution >= 0.6 is 24.0 Å². The van der Waals surface area contributed by atoms with Gasteiger partial charge in [-0.05, 0) is 38.7 Å². The number of ether oxygens (including phenoxy) is 1. The van der Waals surface area contributed by atoms with E-state index in [-0.39, 0.29) is 24.0 Å². The molecule has 6 nitrogen and oxygen atoms in total. The first-order chi connectivity index (χ1) is 14.2. The van der Waals surface area contributed by atoms with Gasteiger partial charge >= 0.3 is 0 Å². The molecule has 2 unspecified atom stereocenters. The van der Waals surface area contributed by atoms with E-state index in [1.165, 1.54) is 24.8 Å². The molecule has 0 saturated heterocycles. The molecule has 2 N–H and O–H groups in total. The number of imidazole rings is 1. The van der Waals surface area contributed by atoms with Crippen molar-refractivity contribution < 1.29 is 4.74 Å². The van der Waals surface area contributed by atoms with Gasteiger partial charge in [0.25, 0.3) is 0 Å². The van der Waals surface area contributed by atoms with E-state index in [0.29, 0.717) is 24.1 Å². The van der Waals surface area contributed by atoms with E-state index in [1.807, 2.05) is 18.5 Å². The minimum absolute atomic E-state index is 0. The number of hydrogen-bond donors (Lipinski definition) is 2. The second-order valence-electron chi connectivity index (χ2n) is 8.12. The van der Waals surface area contributed by atoms with Crippen molar-refractivity contribution in [2.24, 2.45) is 10.4 Å². The number of aliphatic imine (C=N–C) groups is 1. The van der Waals surface area contributed by atoms with Crippen LogP contribution in [0.1, 0.15) is 50.9 Å². The van der Waals surface area contributed by atoms with E-state index in [9.17, 15) is 0 Å². The summed E-state index contributed by atoms with van der Waals surface area (Å²) in [5, 5.41) is 7.10. The molecule has 2 saturated carbocycles. The van der Waals surface area contributed by atoms with Gasteiger partial charge in [-0.1, -0.05) is 36.8 Å². The third-order valence-electron chi connectivity index (χ3n) is 6.47. The van der Waals surface area contributed by atoms with Gasteiger partial charge in [-0.15, -0.1) is 24.0 Å². The number of rotatable bonds is 8. The Hall–Kier alpha value is -1.61. The standard InChI is InChI=1S/C23H33N5O.HI/c1-3-24-22(27-19-15-20(29-4-2)23(19)11-8-12-23)26-16-21-25-13-14-28(21)17-18-9-6-5-7-10-18;/h5-7,9-10,13-14,19-20H,3-4,8,11-12,15-17H2,1-2H3,(H2,24,26,27);1H.